The van der Waals surface area contributed by atoms with Crippen LogP contribution in [-0.4, -0.2) is 18.1 Å². The average Bonchev–Trinajstić information content (AvgIpc) is 2.35. The molecule has 1 aromatic rings. The van der Waals surface area contributed by atoms with E-state index in [-0.39, 0.29) is 5.69 Å². The van der Waals surface area contributed by atoms with E-state index in [9.17, 15) is 0 Å². The van der Waals surface area contributed by atoms with E-state index in [1.54, 1.807) is 0 Å². The maximum atomic E-state index is 8.16. The van der Waals surface area contributed by atoms with Crippen LogP contribution in [0, 0.1) is 0 Å². The second-order valence-electron chi connectivity index (χ2n) is 2.17. The van der Waals surface area contributed by atoms with Crippen molar-refractivity contribution in [2.24, 2.45) is 0 Å². The van der Waals surface area contributed by atoms with Crippen molar-refractivity contribution in [3.63, 3.8) is 0 Å². The van der Waals surface area contributed by atoms with Gasteiger partial charge in [-0.3, -0.25) is 4.98 Å². The maximum Gasteiger partial charge on any atom is 0.0574 e. The van der Waals surface area contributed by atoms with Gasteiger partial charge in [-0.2, -0.15) is 0 Å². The largest absolute Gasteiger partial charge is 0.381 e. The van der Waals surface area contributed by atoms with Crippen LogP contribution in [0.1, 0.15) is 27.6 Å². The van der Waals surface area contributed by atoms with E-state index in [1.165, 1.54) is 18.3 Å². The van der Waals surface area contributed by atoms with Gasteiger partial charge >= 0.3 is 0 Å². The standard InChI is InChI=1S/C9H10BrNO/c10-8-1-2-9(11-5-8)7-3-4-12-6-7/h1-2,5,7H,3-4,6H2/i3D2,4D2,6D2,7D. The molecule has 3 heteroatoms. The Morgan fingerprint density at radius 3 is 3.25 bits per heavy atom. The third-order valence-electron chi connectivity index (χ3n) is 1.36. The molecule has 1 aromatic heterocycles. The monoisotopic (exact) mass is 234 g/mol. The Kier molecular flexibility index (Phi) is 0.999. The number of rotatable bonds is 1. The van der Waals surface area contributed by atoms with Crippen LogP contribution in [-0.2, 0) is 4.74 Å². The van der Waals surface area contributed by atoms with E-state index in [2.05, 4.69) is 25.7 Å². The fourth-order valence-corrected chi connectivity index (χ4v) is 1.05. The molecule has 1 saturated heterocycles. The van der Waals surface area contributed by atoms with Gasteiger partial charge in [-0.15, -0.1) is 0 Å². The number of hydrogen-bond acceptors (Lipinski definition) is 2. The summed E-state index contributed by atoms with van der Waals surface area (Å²) in [7, 11) is 0. The van der Waals surface area contributed by atoms with Crippen molar-refractivity contribution < 1.29 is 14.3 Å². The van der Waals surface area contributed by atoms with E-state index in [0.717, 1.165) is 0 Å². The minimum absolute atomic E-state index is 0.230. The first-order valence-corrected chi connectivity index (χ1v) is 4.07. The van der Waals surface area contributed by atoms with Crippen LogP contribution in [0.15, 0.2) is 22.8 Å². The third kappa shape index (κ3) is 1.67. The van der Waals surface area contributed by atoms with Crippen molar-refractivity contribution in [2.45, 2.75) is 12.3 Å². The summed E-state index contributed by atoms with van der Waals surface area (Å²) in [5, 5.41) is 0. The van der Waals surface area contributed by atoms with Crippen molar-refractivity contribution in [1.82, 2.24) is 4.98 Å². The zero-order chi connectivity index (χ0) is 14.7. The van der Waals surface area contributed by atoms with Gasteiger partial charge in [-0.05, 0) is 34.4 Å². The van der Waals surface area contributed by atoms with E-state index < -0.39 is 25.4 Å². The van der Waals surface area contributed by atoms with Gasteiger partial charge in [0, 0.05) is 32.9 Å². The Bertz CT molecular complexity index is 506. The highest BCUT2D eigenvalue weighted by Crippen LogP contribution is 2.23. The first-order valence-electron chi connectivity index (χ1n) is 6.78. The number of nitrogens with zero attached hydrogens (tertiary/aromatic N) is 1. The molecule has 0 saturated carbocycles. The summed E-state index contributed by atoms with van der Waals surface area (Å²) in [6.07, 6.45) is -1.60. The minimum atomic E-state index is -2.92. The lowest BCUT2D eigenvalue weighted by Gasteiger charge is -2.05. The first kappa shape index (κ1) is 3.39. The highest BCUT2D eigenvalue weighted by atomic mass is 79.9. The van der Waals surface area contributed by atoms with Crippen LogP contribution in [0.5, 0.6) is 0 Å². The van der Waals surface area contributed by atoms with Crippen LogP contribution < -0.4 is 0 Å². The van der Waals surface area contributed by atoms with Crippen LogP contribution in [0.4, 0.5) is 0 Å². The second kappa shape index (κ2) is 3.54. The second-order valence-corrected chi connectivity index (χ2v) is 3.08. The molecule has 1 fully saturated rings. The zero-order valence-electron chi connectivity index (χ0n) is 13.0. The summed E-state index contributed by atoms with van der Waals surface area (Å²) in [5.74, 6) is -2.61. The summed E-state index contributed by atoms with van der Waals surface area (Å²) in [5.41, 5.74) is -0.230. The van der Waals surface area contributed by atoms with Crippen LogP contribution in [0.3, 0.4) is 0 Å². The van der Waals surface area contributed by atoms with Crippen molar-refractivity contribution in [1.29, 1.82) is 0 Å². The highest BCUT2D eigenvalue weighted by molar-refractivity contribution is 9.10. The molecule has 64 valence electrons. The Morgan fingerprint density at radius 1 is 1.75 bits per heavy atom. The summed E-state index contributed by atoms with van der Waals surface area (Å²) in [6.45, 7) is -5.77. The molecule has 1 atom stereocenters. The summed E-state index contributed by atoms with van der Waals surface area (Å²) >= 11 is 3.13. The molecule has 0 bridgehead atoms. The molecule has 0 aromatic carbocycles. The van der Waals surface area contributed by atoms with Crippen LogP contribution >= 0.6 is 15.9 Å². The van der Waals surface area contributed by atoms with Gasteiger partial charge in [-0.1, -0.05) is 0 Å². The lowest BCUT2D eigenvalue weighted by molar-refractivity contribution is 0.193. The number of halogens is 1. The van der Waals surface area contributed by atoms with E-state index in [0.29, 0.717) is 4.47 Å². The predicted octanol–water partition coefficient (Wildman–Crippen LogP) is 2.35. The molecule has 0 N–H and O–H groups in total. The zero-order valence-corrected chi connectivity index (χ0v) is 7.55. The Morgan fingerprint density at radius 2 is 2.67 bits per heavy atom. The van der Waals surface area contributed by atoms with Crippen LogP contribution in [0.2, 0.25) is 0 Å². The molecular weight excluding hydrogens is 218 g/mol. The molecule has 1 unspecified atom stereocenters. The molecular formula is C9H10BrNO. The Labute approximate surface area is 89.9 Å². The Hall–Kier alpha value is -0.410. The van der Waals surface area contributed by atoms with Gasteiger partial charge < -0.3 is 4.74 Å². The molecule has 0 spiro atoms. The molecule has 0 amide bonds. The van der Waals surface area contributed by atoms with Gasteiger partial charge in [0.15, 0.2) is 0 Å². The van der Waals surface area contributed by atoms with Gasteiger partial charge in [0.1, 0.15) is 0 Å². The predicted molar refractivity (Wildman–Crippen MR) is 50.1 cm³/mol. The maximum absolute atomic E-state index is 8.16. The fourth-order valence-electron chi connectivity index (χ4n) is 0.819. The van der Waals surface area contributed by atoms with Crippen LogP contribution in [0.25, 0.3) is 0 Å². The van der Waals surface area contributed by atoms with Crippen molar-refractivity contribution in [3.05, 3.63) is 28.5 Å². The normalized spacial score (nSPS) is 50.2. The molecule has 0 radical (unpaired) electrons. The number of pyridine rings is 1. The quantitative estimate of drug-likeness (QED) is 0.745. The lowest BCUT2D eigenvalue weighted by atomic mass is 10.0. The first-order chi connectivity index (χ1) is 8.46. The lowest BCUT2D eigenvalue weighted by Crippen LogP contribution is -1.99. The van der Waals surface area contributed by atoms with Crippen molar-refractivity contribution >= 4 is 15.9 Å². The van der Waals surface area contributed by atoms with Gasteiger partial charge in [0.05, 0.1) is 12.0 Å². The van der Waals surface area contributed by atoms with Crippen molar-refractivity contribution in [2.75, 3.05) is 13.1 Å². The molecule has 2 nitrogen and oxygen atoms in total. The molecule has 2 heterocycles. The van der Waals surface area contributed by atoms with Gasteiger partial charge in [0.25, 0.3) is 0 Å². The number of ether oxygens (including phenoxy) is 1. The van der Waals surface area contributed by atoms with E-state index >= 15 is 0 Å². The molecule has 12 heavy (non-hydrogen) atoms. The smallest absolute Gasteiger partial charge is 0.0574 e. The summed E-state index contributed by atoms with van der Waals surface area (Å²) < 4.78 is 59.1. The average molecular weight is 235 g/mol. The summed E-state index contributed by atoms with van der Waals surface area (Å²) in [6, 6.07) is 2.76. The third-order valence-corrected chi connectivity index (χ3v) is 1.83. The van der Waals surface area contributed by atoms with Crippen molar-refractivity contribution in [3.8, 4) is 0 Å². The summed E-state index contributed by atoms with van der Waals surface area (Å²) in [4.78, 5) is 3.83. The molecule has 2 rings (SSSR count). The molecule has 1 aliphatic rings. The number of hydrogen-bond donors (Lipinski definition) is 0. The topological polar surface area (TPSA) is 22.1 Å². The number of aromatic nitrogens is 1. The molecule has 0 aliphatic carbocycles. The minimum Gasteiger partial charge on any atom is -0.381 e. The van der Waals surface area contributed by atoms with Gasteiger partial charge in [0.2, 0.25) is 0 Å². The highest BCUT2D eigenvalue weighted by Gasteiger charge is 2.18. The Balaban J connectivity index is 2.66. The van der Waals surface area contributed by atoms with E-state index in [1.807, 2.05) is 0 Å². The van der Waals surface area contributed by atoms with Gasteiger partial charge in [-0.25, -0.2) is 0 Å². The SMILES string of the molecule is [2H]C1([2H])OC([2H])([2H])C([2H])(c2ccc(Br)cn2)C1([2H])[2H]. The molecule has 1 aliphatic heterocycles. The van der Waals surface area contributed by atoms with E-state index in [4.69, 9.17) is 9.60 Å². The fraction of sp³-hybridized carbons (Fsp3) is 0.444.